The molecule has 1 N–H and O–H groups in total. The first-order valence-electron chi connectivity index (χ1n) is 12.1. The smallest absolute Gasteiger partial charge is 0.257 e. The number of carbonyl (C=O) groups excluding carboxylic acids is 1. The van der Waals surface area contributed by atoms with Crippen molar-refractivity contribution in [1.29, 1.82) is 0 Å². The Morgan fingerprint density at radius 1 is 1.18 bits per heavy atom. The number of hydrogen-bond donors (Lipinski definition) is 1. The molecular formula is C28H25N3O5S2. The predicted molar refractivity (Wildman–Crippen MR) is 150 cm³/mol. The summed E-state index contributed by atoms with van der Waals surface area (Å²) >= 11 is 3.04. The number of rotatable bonds is 7. The van der Waals surface area contributed by atoms with E-state index in [4.69, 9.17) is 13.6 Å². The molecule has 2 aromatic carbocycles. The van der Waals surface area contributed by atoms with Gasteiger partial charge in [0.2, 0.25) is 5.91 Å². The van der Waals surface area contributed by atoms with Crippen LogP contribution in [0.1, 0.15) is 23.1 Å². The summed E-state index contributed by atoms with van der Waals surface area (Å²) in [6.45, 7) is 1.82. The van der Waals surface area contributed by atoms with Gasteiger partial charge in [-0.05, 0) is 31.2 Å². The number of furan rings is 2. The summed E-state index contributed by atoms with van der Waals surface area (Å²) in [5.74, 6) is 1.91. The first-order valence-corrected chi connectivity index (χ1v) is 14.0. The molecule has 5 aromatic rings. The van der Waals surface area contributed by atoms with Crippen molar-refractivity contribution in [2.75, 3.05) is 18.2 Å². The lowest BCUT2D eigenvalue weighted by atomic mass is 9.99. The summed E-state index contributed by atoms with van der Waals surface area (Å²) in [6, 6.07) is 15.2. The van der Waals surface area contributed by atoms with Crippen LogP contribution in [0, 0.1) is 6.92 Å². The fraction of sp³-hybridized carbons (Fsp3) is 0.250. The quantitative estimate of drug-likeness (QED) is 0.258. The fourth-order valence-corrected chi connectivity index (χ4v) is 7.56. The summed E-state index contributed by atoms with van der Waals surface area (Å²) in [5.41, 5.74) is 2.64. The number of ether oxygens (including phenoxy) is 1. The molecule has 0 unspecified atom stereocenters. The topological polar surface area (TPSA) is 99.5 Å². The number of carbonyl (C=O) groups is 1. The van der Waals surface area contributed by atoms with Gasteiger partial charge in [0.05, 0.1) is 35.0 Å². The summed E-state index contributed by atoms with van der Waals surface area (Å²) in [7, 11) is 3.31. The normalized spacial score (nSPS) is 16.7. The SMILES string of the molecule is COc1cc2c(cc1NC(=O)CS[C@@H]1Sc3nc(C)n(C)c(=O)c3[C@H]1Cc1ccco1)oc1ccccc12. The molecule has 0 saturated heterocycles. The number of para-hydroxylation sites is 1. The molecular weight excluding hydrogens is 522 g/mol. The molecule has 1 amide bonds. The molecule has 38 heavy (non-hydrogen) atoms. The number of hydrogen-bond acceptors (Lipinski definition) is 8. The lowest BCUT2D eigenvalue weighted by molar-refractivity contribution is -0.113. The number of aryl methyl sites for hydroxylation is 1. The van der Waals surface area contributed by atoms with Crippen LogP contribution < -0.4 is 15.6 Å². The van der Waals surface area contributed by atoms with Gasteiger partial charge in [-0.15, -0.1) is 11.8 Å². The van der Waals surface area contributed by atoms with Gasteiger partial charge >= 0.3 is 0 Å². The first kappa shape index (κ1) is 24.7. The molecule has 0 radical (unpaired) electrons. The minimum atomic E-state index is -0.172. The monoisotopic (exact) mass is 547 g/mol. The van der Waals surface area contributed by atoms with E-state index in [1.165, 1.54) is 11.8 Å². The Labute approximate surface area is 226 Å². The van der Waals surface area contributed by atoms with E-state index in [0.29, 0.717) is 34.8 Å². The summed E-state index contributed by atoms with van der Waals surface area (Å²) in [4.78, 5) is 30.9. The number of thioether (sulfide) groups is 2. The highest BCUT2D eigenvalue weighted by molar-refractivity contribution is 8.17. The average Bonchev–Trinajstić information content (AvgIpc) is 3.63. The molecule has 0 spiro atoms. The van der Waals surface area contributed by atoms with Crippen LogP contribution in [0.2, 0.25) is 0 Å². The van der Waals surface area contributed by atoms with Crippen LogP contribution in [0.3, 0.4) is 0 Å². The molecule has 1 aliphatic heterocycles. The van der Waals surface area contributed by atoms with Crippen molar-refractivity contribution < 1.29 is 18.4 Å². The largest absolute Gasteiger partial charge is 0.495 e. The lowest BCUT2D eigenvalue weighted by Gasteiger charge is -2.18. The zero-order valence-corrected chi connectivity index (χ0v) is 22.7. The Morgan fingerprint density at radius 2 is 2.03 bits per heavy atom. The highest BCUT2D eigenvalue weighted by Crippen LogP contribution is 2.49. The highest BCUT2D eigenvalue weighted by atomic mass is 32.2. The standard InChI is InChI=1S/C28H25N3O5S2/c1-15-29-26-25(27(33)31(15)2)19(11-16-7-6-10-35-16)28(38-26)37-14-24(32)30-20-13-22-18(12-23(20)34-3)17-8-4-5-9-21(17)36-22/h4-10,12-13,19,28H,11,14H2,1-3H3,(H,30,32)/t19-,28-/m1/s1. The zero-order valence-electron chi connectivity index (χ0n) is 21.0. The van der Waals surface area contributed by atoms with Gasteiger partial charge in [-0.25, -0.2) is 4.98 Å². The number of anilines is 1. The van der Waals surface area contributed by atoms with Crippen LogP contribution in [0.4, 0.5) is 5.69 Å². The van der Waals surface area contributed by atoms with Crippen molar-refractivity contribution in [3.63, 3.8) is 0 Å². The van der Waals surface area contributed by atoms with Crippen LogP contribution in [0.15, 0.2) is 73.4 Å². The molecule has 1 aliphatic rings. The summed E-state index contributed by atoms with van der Waals surface area (Å²) < 4.78 is 18.7. The summed E-state index contributed by atoms with van der Waals surface area (Å²) in [5, 5.41) is 5.63. The maximum atomic E-state index is 13.2. The number of benzene rings is 2. The molecule has 3 aromatic heterocycles. The maximum Gasteiger partial charge on any atom is 0.257 e. The van der Waals surface area contributed by atoms with Gasteiger partial charge in [0, 0.05) is 36.2 Å². The number of amides is 1. The van der Waals surface area contributed by atoms with Gasteiger partial charge in [0.15, 0.2) is 0 Å². The van der Waals surface area contributed by atoms with Crippen molar-refractivity contribution in [3.8, 4) is 5.75 Å². The van der Waals surface area contributed by atoms with E-state index in [1.807, 2.05) is 49.4 Å². The van der Waals surface area contributed by atoms with Gasteiger partial charge in [0.1, 0.15) is 33.5 Å². The van der Waals surface area contributed by atoms with Crippen molar-refractivity contribution in [2.45, 2.75) is 28.9 Å². The van der Waals surface area contributed by atoms with Crippen LogP contribution in [0.5, 0.6) is 5.75 Å². The van der Waals surface area contributed by atoms with Crippen molar-refractivity contribution in [1.82, 2.24) is 9.55 Å². The van der Waals surface area contributed by atoms with Gasteiger partial charge in [-0.2, -0.15) is 0 Å². The van der Waals surface area contributed by atoms with Crippen LogP contribution in [-0.4, -0.2) is 32.9 Å². The fourth-order valence-electron chi connectivity index (χ4n) is 4.79. The summed E-state index contributed by atoms with van der Waals surface area (Å²) in [6.07, 6.45) is 2.19. The Morgan fingerprint density at radius 3 is 2.82 bits per heavy atom. The highest BCUT2D eigenvalue weighted by Gasteiger charge is 2.39. The zero-order chi connectivity index (χ0) is 26.4. The Hall–Kier alpha value is -3.63. The second-order valence-corrected chi connectivity index (χ2v) is 11.7. The maximum absolute atomic E-state index is 13.2. The molecule has 194 valence electrons. The molecule has 6 rings (SSSR count). The Balaban J connectivity index is 1.22. The van der Waals surface area contributed by atoms with Gasteiger partial charge < -0.3 is 18.9 Å². The number of methoxy groups -OCH3 is 1. The molecule has 0 saturated carbocycles. The van der Waals surface area contributed by atoms with E-state index in [-0.39, 0.29) is 27.7 Å². The minimum absolute atomic E-state index is 0.0482. The van der Waals surface area contributed by atoms with E-state index in [1.54, 1.807) is 42.8 Å². The van der Waals surface area contributed by atoms with E-state index >= 15 is 0 Å². The number of aromatic nitrogens is 2. The molecule has 10 heteroatoms. The Bertz CT molecular complexity index is 1720. The van der Waals surface area contributed by atoms with Crippen LogP contribution in [0.25, 0.3) is 21.9 Å². The lowest BCUT2D eigenvalue weighted by Crippen LogP contribution is -2.27. The first-order chi connectivity index (χ1) is 18.4. The number of nitrogens with one attached hydrogen (secondary N) is 1. The Kier molecular flexibility index (Phi) is 6.45. The van der Waals surface area contributed by atoms with Crippen molar-refractivity contribution >= 4 is 57.1 Å². The second kappa shape index (κ2) is 9.92. The van der Waals surface area contributed by atoms with Crippen molar-refractivity contribution in [2.24, 2.45) is 7.05 Å². The third-order valence-electron chi connectivity index (χ3n) is 6.79. The molecule has 8 nitrogen and oxygen atoms in total. The molecule has 0 bridgehead atoms. The van der Waals surface area contributed by atoms with Gasteiger partial charge in [-0.3, -0.25) is 14.2 Å². The van der Waals surface area contributed by atoms with E-state index in [0.717, 1.165) is 27.1 Å². The molecule has 4 heterocycles. The van der Waals surface area contributed by atoms with Crippen LogP contribution in [-0.2, 0) is 18.3 Å². The van der Waals surface area contributed by atoms with Crippen LogP contribution >= 0.6 is 23.5 Å². The third kappa shape index (κ3) is 4.37. The van der Waals surface area contributed by atoms with E-state index in [2.05, 4.69) is 10.3 Å². The van der Waals surface area contributed by atoms with Gasteiger partial charge in [0.25, 0.3) is 5.56 Å². The third-order valence-corrected chi connectivity index (χ3v) is 9.67. The molecule has 0 fully saturated rings. The minimum Gasteiger partial charge on any atom is -0.495 e. The molecule has 2 atom stereocenters. The average molecular weight is 548 g/mol. The molecule has 0 aliphatic carbocycles. The number of fused-ring (bicyclic) bond motifs is 4. The van der Waals surface area contributed by atoms with Crippen molar-refractivity contribution in [3.05, 3.63) is 82.3 Å². The second-order valence-electron chi connectivity index (χ2n) is 9.12. The van der Waals surface area contributed by atoms with Gasteiger partial charge in [-0.1, -0.05) is 30.0 Å². The van der Waals surface area contributed by atoms with E-state index in [9.17, 15) is 9.59 Å². The predicted octanol–water partition coefficient (Wildman–Crippen LogP) is 5.72. The van der Waals surface area contributed by atoms with E-state index < -0.39 is 0 Å². The number of nitrogens with zero attached hydrogens (tertiary/aromatic N) is 2.